The molecule has 6 heteroatoms. The number of hydrogen-bond acceptors (Lipinski definition) is 4. The van der Waals surface area contributed by atoms with Crippen LogP contribution in [0, 0.1) is 11.8 Å². The summed E-state index contributed by atoms with van der Waals surface area (Å²) in [5.74, 6) is 1.55. The minimum Gasteiger partial charge on any atom is -0.484 e. The minimum atomic E-state index is -0.178. The summed E-state index contributed by atoms with van der Waals surface area (Å²) in [4.78, 5) is 15.0. The Bertz CT molecular complexity index is 1240. The third-order valence-corrected chi connectivity index (χ3v) is 8.40. The Labute approximate surface area is 237 Å². The van der Waals surface area contributed by atoms with Crippen molar-refractivity contribution in [3.05, 3.63) is 88.9 Å². The van der Waals surface area contributed by atoms with Crippen LogP contribution in [0.25, 0.3) is 0 Å². The van der Waals surface area contributed by atoms with Crippen LogP contribution >= 0.6 is 11.6 Å². The van der Waals surface area contributed by atoms with Gasteiger partial charge in [0.2, 0.25) is 0 Å². The van der Waals surface area contributed by atoms with E-state index in [2.05, 4.69) is 48.3 Å². The standard InChI is InChI=1S/C33H39ClN2O3/c1-23(2)30-20-25(29-11-4-5-12-31(29)34)21-39-33(30)24-9-8-10-28(19-24)38-22-32(37)35-26-13-15-27(16-14-26)36-17-6-3-7-18-36/h4-5,8-16,19,23,25,30,33H,3,6-7,17-18,20-22H2,1-2H3,(H,35,37)/t25-,30-,33-/m0/s1. The van der Waals surface area contributed by atoms with Crippen LogP contribution in [0.4, 0.5) is 11.4 Å². The molecule has 3 aromatic carbocycles. The number of rotatable bonds is 8. The van der Waals surface area contributed by atoms with Gasteiger partial charge in [0.15, 0.2) is 6.61 Å². The summed E-state index contributed by atoms with van der Waals surface area (Å²) in [6.45, 7) is 7.28. The van der Waals surface area contributed by atoms with Crippen molar-refractivity contribution in [3.8, 4) is 5.75 Å². The molecule has 5 nitrogen and oxygen atoms in total. The van der Waals surface area contributed by atoms with Crippen molar-refractivity contribution in [3.63, 3.8) is 0 Å². The molecule has 1 amide bonds. The number of anilines is 2. The molecule has 39 heavy (non-hydrogen) atoms. The van der Waals surface area contributed by atoms with Gasteiger partial charge < -0.3 is 19.7 Å². The molecule has 5 rings (SSSR count). The van der Waals surface area contributed by atoms with Gasteiger partial charge in [-0.15, -0.1) is 0 Å². The lowest BCUT2D eigenvalue weighted by Crippen LogP contribution is -2.31. The zero-order chi connectivity index (χ0) is 27.2. The highest BCUT2D eigenvalue weighted by Gasteiger charge is 2.35. The summed E-state index contributed by atoms with van der Waals surface area (Å²) >= 11 is 6.50. The molecule has 0 radical (unpaired) electrons. The molecule has 2 fully saturated rings. The zero-order valence-electron chi connectivity index (χ0n) is 22.9. The predicted octanol–water partition coefficient (Wildman–Crippen LogP) is 7.87. The van der Waals surface area contributed by atoms with Gasteiger partial charge in [0.25, 0.3) is 5.91 Å². The molecule has 0 spiro atoms. The van der Waals surface area contributed by atoms with Gasteiger partial charge in [-0.1, -0.05) is 55.8 Å². The molecule has 0 aliphatic carbocycles. The SMILES string of the molecule is CC(C)[C@@H]1C[C@H](c2ccccc2Cl)CO[C@H]1c1cccc(OCC(=O)Nc2ccc(N3CCCCC3)cc2)c1. The molecule has 3 aromatic rings. The van der Waals surface area contributed by atoms with Crippen molar-refractivity contribution < 1.29 is 14.3 Å². The van der Waals surface area contributed by atoms with E-state index in [9.17, 15) is 4.79 Å². The fraction of sp³-hybridized carbons (Fsp3) is 0.424. The fourth-order valence-corrected chi connectivity index (χ4v) is 6.18. The Morgan fingerprint density at radius 1 is 1.03 bits per heavy atom. The summed E-state index contributed by atoms with van der Waals surface area (Å²) in [6, 6.07) is 24.1. The van der Waals surface area contributed by atoms with E-state index in [-0.39, 0.29) is 24.5 Å². The predicted molar refractivity (Wildman–Crippen MR) is 159 cm³/mol. The molecule has 2 aliphatic heterocycles. The number of ether oxygens (including phenoxy) is 2. The van der Waals surface area contributed by atoms with E-state index >= 15 is 0 Å². The second-order valence-electron chi connectivity index (χ2n) is 11.1. The van der Waals surface area contributed by atoms with E-state index in [4.69, 9.17) is 21.1 Å². The molecule has 0 saturated carbocycles. The number of piperidine rings is 1. The average Bonchev–Trinajstić information content (AvgIpc) is 2.97. The summed E-state index contributed by atoms with van der Waals surface area (Å²) in [6.07, 6.45) is 4.77. The van der Waals surface area contributed by atoms with Gasteiger partial charge in [0.05, 0.1) is 12.7 Å². The van der Waals surface area contributed by atoms with Crippen molar-refractivity contribution >= 4 is 28.9 Å². The molecule has 1 N–H and O–H groups in total. The Balaban J connectivity index is 1.18. The van der Waals surface area contributed by atoms with Crippen LogP contribution in [-0.2, 0) is 9.53 Å². The molecular weight excluding hydrogens is 508 g/mol. The first-order valence-corrected chi connectivity index (χ1v) is 14.6. The maximum absolute atomic E-state index is 12.6. The lowest BCUT2D eigenvalue weighted by atomic mass is 9.76. The van der Waals surface area contributed by atoms with Crippen LogP contribution in [0.5, 0.6) is 5.75 Å². The number of carbonyl (C=O) groups is 1. The van der Waals surface area contributed by atoms with E-state index in [1.165, 1.54) is 24.9 Å². The van der Waals surface area contributed by atoms with Gasteiger partial charge in [-0.05, 0) is 91.1 Å². The highest BCUT2D eigenvalue weighted by Crippen LogP contribution is 2.45. The van der Waals surface area contributed by atoms with Gasteiger partial charge in [0.1, 0.15) is 5.75 Å². The van der Waals surface area contributed by atoms with E-state index in [1.807, 2.05) is 48.5 Å². The van der Waals surface area contributed by atoms with E-state index in [1.54, 1.807) is 0 Å². The number of nitrogens with zero attached hydrogens (tertiary/aromatic N) is 1. The maximum atomic E-state index is 12.6. The lowest BCUT2D eigenvalue weighted by Gasteiger charge is -2.39. The minimum absolute atomic E-state index is 0.0282. The molecule has 206 valence electrons. The Morgan fingerprint density at radius 2 is 1.79 bits per heavy atom. The van der Waals surface area contributed by atoms with Gasteiger partial charge in [-0.3, -0.25) is 4.79 Å². The topological polar surface area (TPSA) is 50.8 Å². The second kappa shape index (κ2) is 12.9. The molecule has 3 atom stereocenters. The van der Waals surface area contributed by atoms with Gasteiger partial charge in [-0.25, -0.2) is 0 Å². The second-order valence-corrected chi connectivity index (χ2v) is 11.5. The Morgan fingerprint density at radius 3 is 2.54 bits per heavy atom. The van der Waals surface area contributed by atoms with Gasteiger partial charge in [0, 0.05) is 35.4 Å². The van der Waals surface area contributed by atoms with Crippen molar-refractivity contribution in [1.82, 2.24) is 0 Å². The van der Waals surface area contributed by atoms with Crippen LogP contribution in [0.1, 0.15) is 62.7 Å². The van der Waals surface area contributed by atoms with Crippen LogP contribution in [0.15, 0.2) is 72.8 Å². The van der Waals surface area contributed by atoms with Crippen LogP contribution in [-0.4, -0.2) is 32.2 Å². The Kier molecular flexibility index (Phi) is 9.10. The Hall–Kier alpha value is -3.02. The number of hydrogen-bond donors (Lipinski definition) is 1. The first-order valence-electron chi connectivity index (χ1n) is 14.2. The summed E-state index contributed by atoms with van der Waals surface area (Å²) in [5.41, 5.74) is 4.23. The van der Waals surface area contributed by atoms with E-state index in [0.29, 0.717) is 24.2 Å². The van der Waals surface area contributed by atoms with E-state index < -0.39 is 0 Å². The smallest absolute Gasteiger partial charge is 0.262 e. The lowest BCUT2D eigenvalue weighted by molar-refractivity contribution is -0.118. The van der Waals surface area contributed by atoms with E-state index in [0.717, 1.165) is 41.3 Å². The zero-order valence-corrected chi connectivity index (χ0v) is 23.7. The molecule has 2 aliphatic rings. The first kappa shape index (κ1) is 27.5. The maximum Gasteiger partial charge on any atom is 0.262 e. The summed E-state index contributed by atoms with van der Waals surface area (Å²) < 4.78 is 12.4. The van der Waals surface area contributed by atoms with Crippen LogP contribution < -0.4 is 15.0 Å². The summed E-state index contributed by atoms with van der Waals surface area (Å²) in [5, 5.41) is 3.75. The quantitative estimate of drug-likeness (QED) is 0.312. The normalized spacial score (nSPS) is 21.5. The number of halogens is 1. The van der Waals surface area contributed by atoms with Crippen LogP contribution in [0.2, 0.25) is 5.02 Å². The molecular formula is C33H39ClN2O3. The van der Waals surface area contributed by atoms with Crippen molar-refractivity contribution in [2.75, 3.05) is 36.5 Å². The third-order valence-electron chi connectivity index (χ3n) is 8.05. The van der Waals surface area contributed by atoms with Crippen LogP contribution in [0.3, 0.4) is 0 Å². The molecule has 2 saturated heterocycles. The first-order chi connectivity index (χ1) is 19.0. The van der Waals surface area contributed by atoms with Crippen molar-refractivity contribution in [1.29, 1.82) is 0 Å². The number of nitrogens with one attached hydrogen (secondary N) is 1. The van der Waals surface area contributed by atoms with Crippen molar-refractivity contribution in [2.45, 2.75) is 51.6 Å². The highest BCUT2D eigenvalue weighted by atomic mass is 35.5. The van der Waals surface area contributed by atoms with Crippen molar-refractivity contribution in [2.24, 2.45) is 11.8 Å². The number of benzene rings is 3. The highest BCUT2D eigenvalue weighted by molar-refractivity contribution is 6.31. The molecule has 0 aromatic heterocycles. The largest absolute Gasteiger partial charge is 0.484 e. The summed E-state index contributed by atoms with van der Waals surface area (Å²) in [7, 11) is 0. The average molecular weight is 547 g/mol. The number of amides is 1. The number of carbonyl (C=O) groups excluding carboxylic acids is 1. The molecule has 2 heterocycles. The molecule has 0 unspecified atom stereocenters. The monoisotopic (exact) mass is 546 g/mol. The molecule has 0 bridgehead atoms. The van der Waals surface area contributed by atoms with Gasteiger partial charge in [-0.2, -0.15) is 0 Å². The third kappa shape index (κ3) is 6.95. The van der Waals surface area contributed by atoms with Gasteiger partial charge >= 0.3 is 0 Å². The fourth-order valence-electron chi connectivity index (χ4n) is 5.89.